The number of nitrogens with one attached hydrogen (secondary N) is 2. The van der Waals surface area contributed by atoms with Crippen LogP contribution in [0.15, 0.2) is 121 Å². The van der Waals surface area contributed by atoms with Gasteiger partial charge in [-0.05, 0) is 54.1 Å². The maximum atomic E-state index is 13.3. The lowest BCUT2D eigenvalue weighted by molar-refractivity contribution is -0.119. The van der Waals surface area contributed by atoms with Gasteiger partial charge in [0.25, 0.3) is 5.91 Å². The first-order valence-corrected chi connectivity index (χ1v) is 12.6. The molecule has 0 spiro atoms. The Morgan fingerprint density at radius 1 is 0.744 bits per heavy atom. The van der Waals surface area contributed by atoms with Gasteiger partial charge in [-0.2, -0.15) is 0 Å². The van der Waals surface area contributed by atoms with E-state index >= 15 is 0 Å². The summed E-state index contributed by atoms with van der Waals surface area (Å²) in [5, 5.41) is 6.54. The number of carbonyl (C=O) groups excluding carboxylic acids is 2. The lowest BCUT2D eigenvalue weighted by Gasteiger charge is -2.19. The Balaban J connectivity index is 1.29. The fourth-order valence-electron chi connectivity index (χ4n) is 4.04. The van der Waals surface area contributed by atoms with Crippen molar-refractivity contribution in [3.63, 3.8) is 0 Å². The van der Waals surface area contributed by atoms with Crippen molar-refractivity contribution < 1.29 is 19.1 Å². The molecule has 2 amide bonds. The maximum Gasteiger partial charge on any atom is 0.254 e. The molecule has 0 saturated carbocycles. The first-order valence-electron chi connectivity index (χ1n) is 12.6. The van der Waals surface area contributed by atoms with Crippen LogP contribution >= 0.6 is 0 Å². The van der Waals surface area contributed by atoms with Crippen molar-refractivity contribution in [2.75, 3.05) is 11.9 Å². The lowest BCUT2D eigenvalue weighted by atomic mass is 10.1. The van der Waals surface area contributed by atoms with Gasteiger partial charge >= 0.3 is 0 Å². The van der Waals surface area contributed by atoms with E-state index in [-0.39, 0.29) is 6.61 Å². The summed E-state index contributed by atoms with van der Waals surface area (Å²) in [6, 6.07) is 34.2. The van der Waals surface area contributed by atoms with E-state index in [1.54, 1.807) is 42.6 Å². The van der Waals surface area contributed by atoms with Crippen molar-refractivity contribution in [2.45, 2.75) is 12.6 Å². The molecule has 5 aromatic rings. The van der Waals surface area contributed by atoms with Crippen LogP contribution in [0.2, 0.25) is 0 Å². The molecular formula is C32H27N3O4. The lowest BCUT2D eigenvalue weighted by Crippen LogP contribution is -2.46. The molecular weight excluding hydrogens is 490 g/mol. The highest BCUT2D eigenvalue weighted by Crippen LogP contribution is 2.23. The zero-order valence-corrected chi connectivity index (χ0v) is 21.1. The van der Waals surface area contributed by atoms with Crippen molar-refractivity contribution in [1.29, 1.82) is 0 Å². The van der Waals surface area contributed by atoms with Crippen LogP contribution < -0.4 is 15.4 Å². The third-order valence-corrected chi connectivity index (χ3v) is 6.00. The molecule has 0 aliphatic heterocycles. The predicted octanol–water partition coefficient (Wildman–Crippen LogP) is 5.98. The van der Waals surface area contributed by atoms with Crippen molar-refractivity contribution in [1.82, 2.24) is 10.3 Å². The van der Waals surface area contributed by atoms with Crippen molar-refractivity contribution >= 4 is 28.4 Å². The first-order chi connectivity index (χ1) is 19.2. The fraction of sp³-hybridized carbons (Fsp3) is 0.0938. The van der Waals surface area contributed by atoms with Gasteiger partial charge in [0.1, 0.15) is 17.5 Å². The second-order valence-electron chi connectivity index (χ2n) is 8.84. The molecule has 2 N–H and O–H groups in total. The van der Waals surface area contributed by atoms with E-state index in [0.717, 1.165) is 16.7 Å². The summed E-state index contributed by atoms with van der Waals surface area (Å²) >= 11 is 0. The zero-order valence-electron chi connectivity index (χ0n) is 21.1. The number of hydrogen-bond acceptors (Lipinski definition) is 5. The van der Waals surface area contributed by atoms with Gasteiger partial charge in [0.05, 0.1) is 24.3 Å². The quantitative estimate of drug-likeness (QED) is 0.238. The summed E-state index contributed by atoms with van der Waals surface area (Å²) in [4.78, 5) is 30.9. The molecule has 5 rings (SSSR count). The van der Waals surface area contributed by atoms with Crippen LogP contribution in [-0.2, 0) is 16.1 Å². The summed E-state index contributed by atoms with van der Waals surface area (Å²) in [6.07, 6.45) is 1.64. The number of para-hydroxylation sites is 2. The second kappa shape index (κ2) is 12.5. The third kappa shape index (κ3) is 6.85. The molecule has 1 unspecified atom stereocenters. The minimum absolute atomic E-state index is 0.0140. The van der Waals surface area contributed by atoms with E-state index in [1.165, 1.54) is 0 Å². The molecule has 194 valence electrons. The number of ether oxygens (including phenoxy) is 2. The molecule has 7 nitrogen and oxygen atoms in total. The number of nitrogens with zero attached hydrogens (tertiary/aromatic N) is 1. The van der Waals surface area contributed by atoms with Gasteiger partial charge in [-0.1, -0.05) is 66.7 Å². The predicted molar refractivity (Wildman–Crippen MR) is 151 cm³/mol. The summed E-state index contributed by atoms with van der Waals surface area (Å²) in [5.41, 5.74) is 2.48. The van der Waals surface area contributed by atoms with Crippen LogP contribution in [0.5, 0.6) is 11.5 Å². The van der Waals surface area contributed by atoms with Crippen LogP contribution in [0.3, 0.4) is 0 Å². The highest BCUT2D eigenvalue weighted by molar-refractivity contribution is 6.07. The summed E-state index contributed by atoms with van der Waals surface area (Å²) in [7, 11) is 0. The number of pyridine rings is 1. The van der Waals surface area contributed by atoms with Crippen molar-refractivity contribution in [3.8, 4) is 11.5 Å². The van der Waals surface area contributed by atoms with Crippen molar-refractivity contribution in [3.05, 3.63) is 133 Å². The fourth-order valence-corrected chi connectivity index (χ4v) is 4.04. The molecule has 1 aromatic heterocycles. The van der Waals surface area contributed by atoms with Crippen LogP contribution in [-0.4, -0.2) is 29.4 Å². The largest absolute Gasteiger partial charge is 0.457 e. The minimum Gasteiger partial charge on any atom is -0.457 e. The normalized spacial score (nSPS) is 11.5. The number of hydrogen-bond donors (Lipinski definition) is 2. The van der Waals surface area contributed by atoms with Crippen LogP contribution in [0.25, 0.3) is 10.9 Å². The SMILES string of the molecule is O=C(NC(COCc1ccccc1)C(=O)Nc1ccc(Oc2ccccc2)cc1)c1cccc2cccnc12. The topological polar surface area (TPSA) is 89.5 Å². The number of anilines is 1. The van der Waals surface area contributed by atoms with Gasteiger partial charge < -0.3 is 20.1 Å². The molecule has 1 atom stereocenters. The van der Waals surface area contributed by atoms with Gasteiger partial charge in [-0.15, -0.1) is 0 Å². The Labute approximate surface area is 226 Å². The van der Waals surface area contributed by atoms with E-state index in [0.29, 0.717) is 29.1 Å². The Morgan fingerprint density at radius 3 is 2.21 bits per heavy atom. The molecule has 0 saturated heterocycles. The van der Waals surface area contributed by atoms with Crippen LogP contribution in [0.4, 0.5) is 5.69 Å². The van der Waals surface area contributed by atoms with E-state index in [2.05, 4.69) is 15.6 Å². The zero-order chi connectivity index (χ0) is 26.9. The molecule has 7 heteroatoms. The molecule has 0 aliphatic rings. The highest BCUT2D eigenvalue weighted by Gasteiger charge is 2.23. The minimum atomic E-state index is -0.944. The van der Waals surface area contributed by atoms with E-state index < -0.39 is 17.9 Å². The Kier molecular flexibility index (Phi) is 8.21. The molecule has 0 bridgehead atoms. The number of benzene rings is 4. The molecule has 0 fully saturated rings. The van der Waals surface area contributed by atoms with Crippen LogP contribution in [0.1, 0.15) is 15.9 Å². The Hall–Kier alpha value is -5.01. The summed E-state index contributed by atoms with van der Waals surface area (Å²) in [6.45, 7) is 0.293. The average molecular weight is 518 g/mol. The maximum absolute atomic E-state index is 13.3. The number of carbonyl (C=O) groups is 2. The monoisotopic (exact) mass is 517 g/mol. The number of aromatic nitrogens is 1. The third-order valence-electron chi connectivity index (χ3n) is 6.00. The molecule has 0 aliphatic carbocycles. The van der Waals surface area contributed by atoms with E-state index in [4.69, 9.17) is 9.47 Å². The van der Waals surface area contributed by atoms with E-state index in [1.807, 2.05) is 78.9 Å². The molecule has 4 aromatic carbocycles. The number of amides is 2. The summed E-state index contributed by atoms with van der Waals surface area (Å²) < 4.78 is 11.7. The Bertz CT molecular complexity index is 1540. The highest BCUT2D eigenvalue weighted by atomic mass is 16.5. The van der Waals surface area contributed by atoms with Gasteiger partial charge in [0, 0.05) is 17.3 Å². The van der Waals surface area contributed by atoms with E-state index in [9.17, 15) is 9.59 Å². The van der Waals surface area contributed by atoms with Crippen LogP contribution in [0, 0.1) is 0 Å². The first kappa shape index (κ1) is 25.6. The smallest absolute Gasteiger partial charge is 0.254 e. The standard InChI is InChI=1S/C32H27N3O4/c36-31(28-15-7-11-24-12-8-20-33-30(24)28)35-29(22-38-21-23-9-3-1-4-10-23)32(37)34-25-16-18-27(19-17-25)39-26-13-5-2-6-14-26/h1-20,29H,21-22H2,(H,34,37)(H,35,36). The van der Waals surface area contributed by atoms with Gasteiger partial charge in [-0.3, -0.25) is 14.6 Å². The number of rotatable bonds is 10. The van der Waals surface area contributed by atoms with Crippen molar-refractivity contribution in [2.24, 2.45) is 0 Å². The van der Waals surface area contributed by atoms with Gasteiger partial charge in [0.2, 0.25) is 5.91 Å². The summed E-state index contributed by atoms with van der Waals surface area (Å²) in [5.74, 6) is 0.546. The van der Waals surface area contributed by atoms with Gasteiger partial charge in [-0.25, -0.2) is 0 Å². The average Bonchev–Trinajstić information content (AvgIpc) is 2.98. The molecule has 1 heterocycles. The number of fused-ring (bicyclic) bond motifs is 1. The molecule has 0 radical (unpaired) electrons. The second-order valence-corrected chi connectivity index (χ2v) is 8.84. The van der Waals surface area contributed by atoms with Gasteiger partial charge in [0.15, 0.2) is 0 Å². The molecule has 39 heavy (non-hydrogen) atoms. The Morgan fingerprint density at radius 2 is 1.44 bits per heavy atom.